The first-order valence-corrected chi connectivity index (χ1v) is 9.14. The van der Waals surface area contributed by atoms with Crippen LogP contribution in [-0.2, 0) is 4.79 Å². The van der Waals surface area contributed by atoms with Crippen LogP contribution in [0.3, 0.4) is 0 Å². The van der Waals surface area contributed by atoms with E-state index < -0.39 is 0 Å². The third kappa shape index (κ3) is 4.62. The van der Waals surface area contributed by atoms with Gasteiger partial charge in [-0.2, -0.15) is 0 Å². The van der Waals surface area contributed by atoms with Gasteiger partial charge in [0.25, 0.3) is 11.8 Å². The van der Waals surface area contributed by atoms with Crippen LogP contribution in [0.4, 0.5) is 5.69 Å². The normalized spacial score (nSPS) is 14.9. The summed E-state index contributed by atoms with van der Waals surface area (Å²) < 4.78 is 0. The van der Waals surface area contributed by atoms with Crippen LogP contribution < -0.4 is 10.2 Å². The molecule has 2 N–H and O–H groups in total. The zero-order chi connectivity index (χ0) is 18.5. The highest BCUT2D eigenvalue weighted by Gasteiger charge is 2.26. The molecule has 136 valence electrons. The van der Waals surface area contributed by atoms with E-state index in [2.05, 4.69) is 5.32 Å². The van der Waals surface area contributed by atoms with Gasteiger partial charge in [0.2, 0.25) is 0 Å². The van der Waals surface area contributed by atoms with Crippen LogP contribution in [-0.4, -0.2) is 49.4 Å². The Hall–Kier alpha value is -2.37. The third-order valence-corrected chi connectivity index (χ3v) is 4.94. The maximum absolute atomic E-state index is 12.5. The van der Waals surface area contributed by atoms with Gasteiger partial charge in [-0.3, -0.25) is 9.59 Å². The van der Waals surface area contributed by atoms with Crippen LogP contribution in [0, 0.1) is 6.92 Å². The smallest absolute Gasteiger partial charge is 0.279 e. The summed E-state index contributed by atoms with van der Waals surface area (Å²) in [6.07, 6.45) is 0. The van der Waals surface area contributed by atoms with E-state index >= 15 is 0 Å². The molecule has 0 bridgehead atoms. The summed E-state index contributed by atoms with van der Waals surface area (Å²) >= 11 is 6.07. The Kier molecular flexibility index (Phi) is 5.91. The Bertz CT molecular complexity index is 784. The number of rotatable bonds is 4. The number of carbonyl (C=O) groups excluding carboxylic acids is 2. The zero-order valence-corrected chi connectivity index (χ0v) is 15.6. The van der Waals surface area contributed by atoms with Crippen molar-refractivity contribution in [1.82, 2.24) is 4.90 Å². The molecule has 1 fully saturated rings. The number of hydrogen-bond donors (Lipinski definition) is 2. The molecule has 1 aliphatic rings. The molecule has 3 rings (SSSR count). The minimum Gasteiger partial charge on any atom is -0.327 e. The van der Waals surface area contributed by atoms with Crippen LogP contribution in [0.5, 0.6) is 0 Å². The van der Waals surface area contributed by atoms with Crippen molar-refractivity contribution >= 4 is 29.1 Å². The first-order chi connectivity index (χ1) is 12.5. The van der Waals surface area contributed by atoms with Crippen molar-refractivity contribution < 1.29 is 14.5 Å². The van der Waals surface area contributed by atoms with E-state index in [1.165, 1.54) is 4.90 Å². The molecule has 0 unspecified atom stereocenters. The quantitative estimate of drug-likeness (QED) is 0.857. The fourth-order valence-electron chi connectivity index (χ4n) is 3.07. The van der Waals surface area contributed by atoms with E-state index in [4.69, 9.17) is 11.6 Å². The second-order valence-corrected chi connectivity index (χ2v) is 7.02. The molecule has 0 spiro atoms. The zero-order valence-electron chi connectivity index (χ0n) is 14.8. The number of halogens is 1. The number of aryl methyl sites for hydroxylation is 1. The average molecular weight is 373 g/mol. The van der Waals surface area contributed by atoms with Crippen LogP contribution >= 0.6 is 11.6 Å². The molecular formula is C20H23ClN3O2+. The predicted octanol–water partition coefficient (Wildman–Crippen LogP) is 1.63. The van der Waals surface area contributed by atoms with Gasteiger partial charge < -0.3 is 15.1 Å². The SMILES string of the molecule is Cc1ccc(C(=O)N2CC[NH+](CC(=O)Nc3ccccc3Cl)CC2)cc1. The molecule has 0 aliphatic carbocycles. The summed E-state index contributed by atoms with van der Waals surface area (Å²) in [6, 6.07) is 14.8. The molecule has 0 aromatic heterocycles. The van der Waals surface area contributed by atoms with Gasteiger partial charge in [-0.1, -0.05) is 41.4 Å². The first kappa shape index (κ1) is 18.4. The third-order valence-electron chi connectivity index (χ3n) is 4.61. The standard InChI is InChI=1S/C20H22ClN3O2/c1-15-6-8-16(9-7-15)20(26)24-12-10-23(11-13-24)14-19(25)22-18-5-3-2-4-17(18)21/h2-9H,10-14H2,1H3,(H,22,25)/p+1. The van der Waals surface area contributed by atoms with Crippen molar-refractivity contribution in [3.8, 4) is 0 Å². The van der Waals surface area contributed by atoms with Crippen LogP contribution in [0.1, 0.15) is 15.9 Å². The lowest BCUT2D eigenvalue weighted by Gasteiger charge is -2.32. The van der Waals surface area contributed by atoms with E-state index in [9.17, 15) is 9.59 Å². The van der Waals surface area contributed by atoms with Crippen LogP contribution in [0.25, 0.3) is 0 Å². The second kappa shape index (κ2) is 8.34. The number of benzene rings is 2. The van der Waals surface area contributed by atoms with Crippen molar-refractivity contribution in [2.45, 2.75) is 6.92 Å². The van der Waals surface area contributed by atoms with E-state index in [0.29, 0.717) is 30.3 Å². The first-order valence-electron chi connectivity index (χ1n) is 8.77. The van der Waals surface area contributed by atoms with Crippen LogP contribution in [0.2, 0.25) is 5.02 Å². The molecule has 1 aliphatic heterocycles. The maximum atomic E-state index is 12.5. The van der Waals surface area contributed by atoms with E-state index in [0.717, 1.165) is 24.2 Å². The number of quaternary nitrogens is 1. The molecule has 2 aromatic carbocycles. The number of nitrogens with zero attached hydrogens (tertiary/aromatic N) is 1. The van der Waals surface area contributed by atoms with Gasteiger partial charge in [0.15, 0.2) is 6.54 Å². The van der Waals surface area contributed by atoms with E-state index in [-0.39, 0.29) is 11.8 Å². The molecule has 0 radical (unpaired) electrons. The lowest BCUT2D eigenvalue weighted by atomic mass is 10.1. The summed E-state index contributed by atoms with van der Waals surface area (Å²) in [5.74, 6) is -0.00372. The van der Waals surface area contributed by atoms with E-state index in [1.807, 2.05) is 48.2 Å². The minimum absolute atomic E-state index is 0.0598. The summed E-state index contributed by atoms with van der Waals surface area (Å²) in [6.45, 7) is 5.20. The number of amides is 2. The highest BCUT2D eigenvalue weighted by Crippen LogP contribution is 2.19. The number of anilines is 1. The lowest BCUT2D eigenvalue weighted by molar-refractivity contribution is -0.895. The Labute approximate surface area is 158 Å². The van der Waals surface area contributed by atoms with Crippen molar-refractivity contribution in [2.75, 3.05) is 38.0 Å². The fourth-order valence-corrected chi connectivity index (χ4v) is 3.25. The number of nitrogens with one attached hydrogen (secondary N) is 2. The van der Waals surface area contributed by atoms with Crippen molar-refractivity contribution in [2.24, 2.45) is 0 Å². The van der Waals surface area contributed by atoms with Gasteiger partial charge in [0.05, 0.1) is 36.9 Å². The van der Waals surface area contributed by atoms with Gasteiger partial charge >= 0.3 is 0 Å². The molecule has 1 heterocycles. The molecule has 2 amide bonds. The van der Waals surface area contributed by atoms with Crippen molar-refractivity contribution in [3.63, 3.8) is 0 Å². The molecule has 2 aromatic rings. The second-order valence-electron chi connectivity index (χ2n) is 6.61. The van der Waals surface area contributed by atoms with Gasteiger partial charge in [0.1, 0.15) is 0 Å². The number of piperazine rings is 1. The summed E-state index contributed by atoms with van der Waals surface area (Å²) in [5.41, 5.74) is 2.49. The monoisotopic (exact) mass is 372 g/mol. The Morgan fingerprint density at radius 1 is 1.08 bits per heavy atom. The number of para-hydroxylation sites is 1. The predicted molar refractivity (Wildman–Crippen MR) is 103 cm³/mol. The van der Waals surface area contributed by atoms with Crippen molar-refractivity contribution in [3.05, 3.63) is 64.7 Å². The molecule has 26 heavy (non-hydrogen) atoms. The summed E-state index contributed by atoms with van der Waals surface area (Å²) in [4.78, 5) is 27.8. The van der Waals surface area contributed by atoms with Crippen molar-refractivity contribution in [1.29, 1.82) is 0 Å². The number of carbonyl (C=O) groups is 2. The Balaban J connectivity index is 1.49. The molecule has 0 atom stereocenters. The molecule has 0 saturated carbocycles. The van der Waals surface area contributed by atoms with Gasteiger partial charge in [-0.15, -0.1) is 0 Å². The van der Waals surface area contributed by atoms with Gasteiger partial charge in [-0.25, -0.2) is 0 Å². The lowest BCUT2D eigenvalue weighted by Crippen LogP contribution is -3.15. The Morgan fingerprint density at radius 2 is 1.73 bits per heavy atom. The molecular weight excluding hydrogens is 350 g/mol. The topological polar surface area (TPSA) is 53.9 Å². The minimum atomic E-state index is -0.0635. The van der Waals surface area contributed by atoms with Crippen LogP contribution in [0.15, 0.2) is 48.5 Å². The van der Waals surface area contributed by atoms with Gasteiger partial charge in [0, 0.05) is 5.56 Å². The average Bonchev–Trinajstić information content (AvgIpc) is 2.64. The highest BCUT2D eigenvalue weighted by atomic mass is 35.5. The van der Waals surface area contributed by atoms with E-state index in [1.54, 1.807) is 12.1 Å². The Morgan fingerprint density at radius 3 is 2.38 bits per heavy atom. The summed E-state index contributed by atoms with van der Waals surface area (Å²) in [7, 11) is 0. The van der Waals surface area contributed by atoms with Gasteiger partial charge in [-0.05, 0) is 31.2 Å². The number of hydrogen-bond acceptors (Lipinski definition) is 2. The molecule has 1 saturated heterocycles. The highest BCUT2D eigenvalue weighted by molar-refractivity contribution is 6.33. The largest absolute Gasteiger partial charge is 0.327 e. The molecule has 6 heteroatoms. The fraction of sp³-hybridized carbons (Fsp3) is 0.300. The maximum Gasteiger partial charge on any atom is 0.279 e. The summed E-state index contributed by atoms with van der Waals surface area (Å²) in [5, 5.41) is 3.38. The molecule has 5 nitrogen and oxygen atoms in total.